The molecule has 2 nitrogen and oxygen atoms in total. The molecule has 3 aliphatic rings. The highest BCUT2D eigenvalue weighted by atomic mass is 79.9. The third-order valence-electron chi connectivity index (χ3n) is 6.24. The molecule has 0 aromatic heterocycles. The highest BCUT2D eigenvalue weighted by Gasteiger charge is 2.54. The fourth-order valence-electron chi connectivity index (χ4n) is 5.30. The Hall–Kier alpha value is -0.0600. The van der Waals surface area contributed by atoms with Crippen molar-refractivity contribution in [3.05, 3.63) is 26.1 Å². The summed E-state index contributed by atoms with van der Waals surface area (Å²) in [5.74, 6) is 1.14. The number of halogens is 2. The standard InChI is InChI=1S/C17H21Br2NO/c1-20-7-6-17-5-3-2-4-11(17)13(20)9-10-8-12(18)16(21)15(19)14(10)17/h8,11,13,21H,2-7,9H2,1H3/t11-,13+,17+/m1/s1. The predicted molar refractivity (Wildman–Crippen MR) is 91.9 cm³/mol. The SMILES string of the molecule is CN1CC[C@@]23CCCC[C@@H]2[C@@H]1Cc1cc(Br)c(O)c(Br)c13. The van der Waals surface area contributed by atoms with Gasteiger partial charge < -0.3 is 10.0 Å². The van der Waals surface area contributed by atoms with Gasteiger partial charge in [0.05, 0.1) is 8.95 Å². The van der Waals surface area contributed by atoms with E-state index in [-0.39, 0.29) is 0 Å². The van der Waals surface area contributed by atoms with Crippen LogP contribution in [0.5, 0.6) is 5.75 Å². The van der Waals surface area contributed by atoms with Gasteiger partial charge in [-0.25, -0.2) is 0 Å². The van der Waals surface area contributed by atoms with Crippen molar-refractivity contribution in [3.8, 4) is 5.75 Å². The molecule has 2 aliphatic carbocycles. The van der Waals surface area contributed by atoms with Crippen molar-refractivity contribution < 1.29 is 5.11 Å². The van der Waals surface area contributed by atoms with Crippen molar-refractivity contribution >= 4 is 31.9 Å². The Morgan fingerprint density at radius 2 is 2.10 bits per heavy atom. The summed E-state index contributed by atoms with van der Waals surface area (Å²) in [4.78, 5) is 2.58. The number of likely N-dealkylation sites (N-methyl/N-ethyl adjacent to an activating group) is 1. The molecule has 21 heavy (non-hydrogen) atoms. The van der Waals surface area contributed by atoms with Crippen molar-refractivity contribution in [3.63, 3.8) is 0 Å². The summed E-state index contributed by atoms with van der Waals surface area (Å²) < 4.78 is 1.77. The summed E-state index contributed by atoms with van der Waals surface area (Å²) in [6.45, 7) is 1.18. The Bertz CT molecular complexity index is 603. The van der Waals surface area contributed by atoms with Crippen molar-refractivity contribution in [2.75, 3.05) is 13.6 Å². The van der Waals surface area contributed by atoms with Crippen LogP contribution in [0.4, 0.5) is 0 Å². The van der Waals surface area contributed by atoms with Crippen molar-refractivity contribution in [1.29, 1.82) is 0 Å². The quantitative estimate of drug-likeness (QED) is 0.670. The average Bonchev–Trinajstić information content (AvgIpc) is 2.48. The lowest BCUT2D eigenvalue weighted by molar-refractivity contribution is 0.00223. The van der Waals surface area contributed by atoms with Crippen LogP contribution < -0.4 is 0 Å². The molecule has 2 bridgehead atoms. The van der Waals surface area contributed by atoms with Crippen LogP contribution in [0, 0.1) is 5.92 Å². The van der Waals surface area contributed by atoms with Crippen LogP contribution in [-0.4, -0.2) is 29.6 Å². The zero-order valence-electron chi connectivity index (χ0n) is 12.3. The second kappa shape index (κ2) is 4.97. The van der Waals surface area contributed by atoms with Gasteiger partial charge in [-0.3, -0.25) is 0 Å². The first-order chi connectivity index (χ1) is 10.0. The predicted octanol–water partition coefficient (Wildman–Crippen LogP) is 4.61. The molecule has 4 rings (SSSR count). The number of rotatable bonds is 0. The van der Waals surface area contributed by atoms with Crippen LogP contribution in [0.2, 0.25) is 0 Å². The Morgan fingerprint density at radius 1 is 1.29 bits per heavy atom. The summed E-state index contributed by atoms with van der Waals surface area (Å²) >= 11 is 7.23. The van der Waals surface area contributed by atoms with E-state index in [9.17, 15) is 5.11 Å². The lowest BCUT2D eigenvalue weighted by atomic mass is 9.52. The second-order valence-corrected chi connectivity index (χ2v) is 8.71. The molecule has 1 aromatic carbocycles. The number of benzene rings is 1. The smallest absolute Gasteiger partial charge is 0.144 e. The molecule has 1 aliphatic heterocycles. The highest BCUT2D eigenvalue weighted by Crippen LogP contribution is 2.58. The number of fused-ring (bicyclic) bond motifs is 1. The number of piperidine rings is 1. The molecule has 1 heterocycles. The summed E-state index contributed by atoms with van der Waals surface area (Å²) in [6, 6.07) is 2.84. The first-order valence-corrected chi connectivity index (χ1v) is 9.54. The van der Waals surface area contributed by atoms with Crippen LogP contribution in [0.3, 0.4) is 0 Å². The normalized spacial score (nSPS) is 35.2. The number of phenolic OH excluding ortho intramolecular Hbond substituents is 1. The maximum atomic E-state index is 10.4. The molecule has 1 aromatic rings. The Kier molecular flexibility index (Phi) is 3.44. The van der Waals surface area contributed by atoms with Gasteiger partial charge in [-0.05, 0) is 94.2 Å². The van der Waals surface area contributed by atoms with E-state index in [2.05, 4.69) is 49.9 Å². The van der Waals surface area contributed by atoms with Gasteiger partial charge in [-0.15, -0.1) is 0 Å². The molecule has 2 fully saturated rings. The van der Waals surface area contributed by atoms with Gasteiger partial charge in [-0.2, -0.15) is 0 Å². The van der Waals surface area contributed by atoms with E-state index in [4.69, 9.17) is 0 Å². The van der Waals surface area contributed by atoms with E-state index >= 15 is 0 Å². The summed E-state index contributed by atoms with van der Waals surface area (Å²) in [7, 11) is 2.29. The summed E-state index contributed by atoms with van der Waals surface area (Å²) in [5, 5.41) is 10.4. The van der Waals surface area contributed by atoms with Crippen LogP contribution in [0.15, 0.2) is 15.0 Å². The Balaban J connectivity index is 1.97. The minimum atomic E-state index is 0.292. The first kappa shape index (κ1) is 14.5. The molecule has 3 atom stereocenters. The molecule has 114 valence electrons. The zero-order valence-corrected chi connectivity index (χ0v) is 15.5. The lowest BCUT2D eigenvalue weighted by Gasteiger charge is -2.58. The van der Waals surface area contributed by atoms with Gasteiger partial charge in [0.15, 0.2) is 0 Å². The average molecular weight is 415 g/mol. The van der Waals surface area contributed by atoms with E-state index in [0.29, 0.717) is 17.2 Å². The molecule has 1 saturated carbocycles. The third kappa shape index (κ3) is 1.91. The van der Waals surface area contributed by atoms with Gasteiger partial charge in [0, 0.05) is 11.5 Å². The van der Waals surface area contributed by atoms with E-state index in [1.165, 1.54) is 49.8 Å². The molecular weight excluding hydrogens is 394 g/mol. The van der Waals surface area contributed by atoms with Gasteiger partial charge in [-0.1, -0.05) is 12.8 Å². The fourth-order valence-corrected chi connectivity index (χ4v) is 6.91. The van der Waals surface area contributed by atoms with Crippen molar-refractivity contribution in [1.82, 2.24) is 4.90 Å². The van der Waals surface area contributed by atoms with Gasteiger partial charge in [0.1, 0.15) is 5.75 Å². The lowest BCUT2D eigenvalue weighted by Crippen LogP contribution is -2.59. The largest absolute Gasteiger partial charge is 0.506 e. The van der Waals surface area contributed by atoms with Crippen LogP contribution >= 0.6 is 31.9 Å². The second-order valence-electron chi connectivity index (χ2n) is 7.07. The Morgan fingerprint density at radius 3 is 2.90 bits per heavy atom. The number of phenols is 1. The van der Waals surface area contributed by atoms with Gasteiger partial charge >= 0.3 is 0 Å². The molecule has 1 N–H and O–H groups in total. The molecule has 0 spiro atoms. The number of nitrogens with zero attached hydrogens (tertiary/aromatic N) is 1. The Labute approximate surface area is 143 Å². The van der Waals surface area contributed by atoms with Crippen LogP contribution in [-0.2, 0) is 11.8 Å². The van der Waals surface area contributed by atoms with E-state index in [1.54, 1.807) is 0 Å². The number of likely N-dealkylation sites (tertiary alicyclic amines) is 1. The van der Waals surface area contributed by atoms with E-state index in [0.717, 1.165) is 21.3 Å². The first-order valence-electron chi connectivity index (χ1n) is 7.95. The third-order valence-corrected chi connectivity index (χ3v) is 7.62. The molecule has 0 unspecified atom stereocenters. The van der Waals surface area contributed by atoms with Gasteiger partial charge in [0.2, 0.25) is 0 Å². The maximum absolute atomic E-state index is 10.4. The molecule has 1 saturated heterocycles. The molecular formula is C17H21Br2NO. The maximum Gasteiger partial charge on any atom is 0.144 e. The van der Waals surface area contributed by atoms with E-state index < -0.39 is 0 Å². The summed E-state index contributed by atoms with van der Waals surface area (Å²) in [5.41, 5.74) is 3.15. The van der Waals surface area contributed by atoms with E-state index in [1.807, 2.05) is 0 Å². The molecule has 0 amide bonds. The van der Waals surface area contributed by atoms with Crippen LogP contribution in [0.1, 0.15) is 43.2 Å². The van der Waals surface area contributed by atoms with Crippen molar-refractivity contribution in [2.24, 2.45) is 5.92 Å². The minimum Gasteiger partial charge on any atom is -0.506 e. The monoisotopic (exact) mass is 413 g/mol. The summed E-state index contributed by atoms with van der Waals surface area (Å²) in [6.07, 6.45) is 7.68. The molecule has 0 radical (unpaired) electrons. The van der Waals surface area contributed by atoms with Gasteiger partial charge in [0.25, 0.3) is 0 Å². The zero-order chi connectivity index (χ0) is 14.8. The van der Waals surface area contributed by atoms with Crippen LogP contribution in [0.25, 0.3) is 0 Å². The minimum absolute atomic E-state index is 0.292. The van der Waals surface area contributed by atoms with Crippen molar-refractivity contribution in [2.45, 2.75) is 50.0 Å². The number of hydrogen-bond donors (Lipinski definition) is 1. The highest BCUT2D eigenvalue weighted by molar-refractivity contribution is 9.11. The fraction of sp³-hybridized carbons (Fsp3) is 0.647. The number of hydrogen-bond acceptors (Lipinski definition) is 2. The topological polar surface area (TPSA) is 23.5 Å². The molecule has 4 heteroatoms. The number of aromatic hydroxyl groups is 1.